The SMILES string of the molecule is CCCCS(=O)(=O)c1cc(/N=N/c2ccc([N+](=O)[O-])cc2)c(O)c2ccccc12. The Kier molecular flexibility index (Phi) is 5.88. The highest BCUT2D eigenvalue weighted by Gasteiger charge is 2.21. The smallest absolute Gasteiger partial charge is 0.269 e. The highest BCUT2D eigenvalue weighted by molar-refractivity contribution is 7.91. The van der Waals surface area contributed by atoms with Gasteiger partial charge >= 0.3 is 0 Å². The van der Waals surface area contributed by atoms with Crippen LogP contribution in [0.3, 0.4) is 0 Å². The van der Waals surface area contributed by atoms with Crippen molar-refractivity contribution in [2.75, 3.05) is 5.75 Å². The number of nitro benzene ring substituents is 1. The lowest BCUT2D eigenvalue weighted by Gasteiger charge is -2.11. The van der Waals surface area contributed by atoms with Crippen molar-refractivity contribution in [3.8, 4) is 5.75 Å². The van der Waals surface area contributed by atoms with Gasteiger partial charge in [-0.1, -0.05) is 37.6 Å². The largest absolute Gasteiger partial charge is 0.505 e. The van der Waals surface area contributed by atoms with Crippen molar-refractivity contribution in [3.05, 3.63) is 64.7 Å². The van der Waals surface area contributed by atoms with Gasteiger partial charge in [-0.3, -0.25) is 10.1 Å². The number of aromatic hydroxyl groups is 1. The molecule has 0 atom stereocenters. The van der Waals surface area contributed by atoms with E-state index in [0.29, 0.717) is 22.9 Å². The molecule has 150 valence electrons. The Hall–Kier alpha value is -3.33. The molecule has 0 amide bonds. The predicted octanol–water partition coefficient (Wildman–Crippen LogP) is 5.44. The average Bonchev–Trinajstić information content (AvgIpc) is 2.72. The van der Waals surface area contributed by atoms with Crippen LogP contribution in [-0.4, -0.2) is 24.2 Å². The molecule has 0 aliphatic carbocycles. The molecule has 0 heterocycles. The lowest BCUT2D eigenvalue weighted by atomic mass is 10.1. The molecule has 0 saturated heterocycles. The maximum absolute atomic E-state index is 12.8. The third kappa shape index (κ3) is 4.40. The first kappa shape index (κ1) is 20.4. The third-order valence-electron chi connectivity index (χ3n) is 4.39. The fourth-order valence-electron chi connectivity index (χ4n) is 2.84. The Morgan fingerprint density at radius 2 is 1.69 bits per heavy atom. The van der Waals surface area contributed by atoms with Crippen molar-refractivity contribution in [1.29, 1.82) is 0 Å². The van der Waals surface area contributed by atoms with Gasteiger partial charge in [0.25, 0.3) is 5.69 Å². The molecule has 0 aromatic heterocycles. The van der Waals surface area contributed by atoms with Gasteiger partial charge in [-0.2, -0.15) is 5.11 Å². The van der Waals surface area contributed by atoms with Crippen molar-refractivity contribution < 1.29 is 18.4 Å². The minimum absolute atomic E-state index is 0.00277. The number of hydrogen-bond donors (Lipinski definition) is 1. The van der Waals surface area contributed by atoms with Gasteiger partial charge in [0.15, 0.2) is 15.6 Å². The van der Waals surface area contributed by atoms with E-state index in [4.69, 9.17) is 0 Å². The Bertz CT molecular complexity index is 1190. The summed E-state index contributed by atoms with van der Waals surface area (Å²) in [6.07, 6.45) is 1.26. The van der Waals surface area contributed by atoms with E-state index in [2.05, 4.69) is 10.2 Å². The second-order valence-corrected chi connectivity index (χ2v) is 8.51. The normalized spacial score (nSPS) is 11.9. The van der Waals surface area contributed by atoms with Crippen LogP contribution >= 0.6 is 0 Å². The molecule has 0 aliphatic rings. The molecule has 29 heavy (non-hydrogen) atoms. The van der Waals surface area contributed by atoms with Crippen LogP contribution in [-0.2, 0) is 9.84 Å². The van der Waals surface area contributed by atoms with E-state index in [-0.39, 0.29) is 27.8 Å². The van der Waals surface area contributed by atoms with Gasteiger partial charge in [0.05, 0.1) is 21.3 Å². The summed E-state index contributed by atoms with van der Waals surface area (Å²) in [5.41, 5.74) is 0.262. The quantitative estimate of drug-likeness (QED) is 0.314. The molecule has 0 bridgehead atoms. The molecular weight excluding hydrogens is 394 g/mol. The van der Waals surface area contributed by atoms with E-state index in [9.17, 15) is 23.6 Å². The summed E-state index contributed by atoms with van der Waals surface area (Å²) in [5, 5.41) is 30.1. The number of nitrogens with zero attached hydrogens (tertiary/aromatic N) is 3. The van der Waals surface area contributed by atoms with Gasteiger partial charge in [0, 0.05) is 22.9 Å². The van der Waals surface area contributed by atoms with Crippen LogP contribution in [0.5, 0.6) is 5.75 Å². The van der Waals surface area contributed by atoms with Crippen LogP contribution < -0.4 is 0 Å². The first-order chi connectivity index (χ1) is 13.8. The molecule has 0 fully saturated rings. The van der Waals surface area contributed by atoms with Crippen molar-refractivity contribution in [2.24, 2.45) is 10.2 Å². The Morgan fingerprint density at radius 1 is 1.03 bits per heavy atom. The lowest BCUT2D eigenvalue weighted by Crippen LogP contribution is -2.07. The highest BCUT2D eigenvalue weighted by Crippen LogP contribution is 2.40. The van der Waals surface area contributed by atoms with E-state index in [1.54, 1.807) is 24.3 Å². The number of unbranched alkanes of at least 4 members (excludes halogenated alkanes) is 1. The molecule has 0 unspecified atom stereocenters. The van der Waals surface area contributed by atoms with Gasteiger partial charge < -0.3 is 5.11 Å². The fourth-order valence-corrected chi connectivity index (χ4v) is 4.54. The van der Waals surface area contributed by atoms with Gasteiger partial charge in [-0.25, -0.2) is 8.42 Å². The molecule has 3 rings (SSSR count). The van der Waals surface area contributed by atoms with Crippen LogP contribution in [0.25, 0.3) is 10.8 Å². The van der Waals surface area contributed by atoms with E-state index >= 15 is 0 Å². The first-order valence-electron chi connectivity index (χ1n) is 8.97. The third-order valence-corrected chi connectivity index (χ3v) is 6.23. The second kappa shape index (κ2) is 8.36. The Balaban J connectivity index is 2.08. The maximum atomic E-state index is 12.8. The number of benzene rings is 3. The number of sulfone groups is 1. The minimum Gasteiger partial charge on any atom is -0.505 e. The second-order valence-electron chi connectivity index (χ2n) is 6.43. The van der Waals surface area contributed by atoms with Gasteiger partial charge in [-0.05, 0) is 24.6 Å². The molecule has 0 aliphatic heterocycles. The topological polar surface area (TPSA) is 122 Å². The van der Waals surface area contributed by atoms with Crippen molar-refractivity contribution >= 4 is 37.7 Å². The highest BCUT2D eigenvalue weighted by atomic mass is 32.2. The Morgan fingerprint density at radius 3 is 2.31 bits per heavy atom. The fraction of sp³-hybridized carbons (Fsp3) is 0.200. The monoisotopic (exact) mass is 413 g/mol. The number of phenols is 1. The zero-order valence-corrected chi connectivity index (χ0v) is 16.5. The van der Waals surface area contributed by atoms with Crippen molar-refractivity contribution in [3.63, 3.8) is 0 Å². The lowest BCUT2D eigenvalue weighted by molar-refractivity contribution is -0.384. The summed E-state index contributed by atoms with van der Waals surface area (Å²) < 4.78 is 25.7. The molecule has 9 heteroatoms. The number of azo groups is 1. The molecule has 1 N–H and O–H groups in total. The minimum atomic E-state index is -3.57. The van der Waals surface area contributed by atoms with Gasteiger partial charge in [-0.15, -0.1) is 5.11 Å². The molecule has 0 spiro atoms. The molecule has 0 saturated carbocycles. The predicted molar refractivity (Wildman–Crippen MR) is 110 cm³/mol. The summed E-state index contributed by atoms with van der Waals surface area (Å²) >= 11 is 0. The van der Waals surface area contributed by atoms with Crippen molar-refractivity contribution in [1.82, 2.24) is 0 Å². The molecular formula is C20H19N3O5S. The molecule has 0 radical (unpaired) electrons. The average molecular weight is 413 g/mol. The van der Waals surface area contributed by atoms with E-state index in [0.717, 1.165) is 6.42 Å². The summed E-state index contributed by atoms with van der Waals surface area (Å²) in [5.74, 6) is -0.183. The van der Waals surface area contributed by atoms with Gasteiger partial charge in [0.2, 0.25) is 0 Å². The number of hydrogen-bond acceptors (Lipinski definition) is 7. The number of phenolic OH excluding ortho intramolecular Hbond substituents is 1. The van der Waals surface area contributed by atoms with Crippen LogP contribution in [0.1, 0.15) is 19.8 Å². The van der Waals surface area contributed by atoms with E-state index in [1.165, 1.54) is 30.3 Å². The zero-order valence-electron chi connectivity index (χ0n) is 15.6. The summed E-state index contributed by atoms with van der Waals surface area (Å²) in [4.78, 5) is 10.3. The standard InChI is InChI=1S/C20H19N3O5S/c1-2-3-12-29(27,28)19-13-18(20(24)17-7-5-4-6-16(17)19)22-21-14-8-10-15(11-9-14)23(25)26/h4-11,13,24H,2-3,12H2,1H3/b22-21+. The first-order valence-corrected chi connectivity index (χ1v) is 10.6. The van der Waals surface area contributed by atoms with Crippen LogP contribution in [0, 0.1) is 10.1 Å². The molecule has 3 aromatic carbocycles. The number of nitro groups is 1. The summed E-state index contributed by atoms with van der Waals surface area (Å²) in [7, 11) is -3.57. The van der Waals surface area contributed by atoms with E-state index < -0.39 is 14.8 Å². The maximum Gasteiger partial charge on any atom is 0.269 e. The molecule has 8 nitrogen and oxygen atoms in total. The zero-order chi connectivity index (χ0) is 21.0. The van der Waals surface area contributed by atoms with Crippen LogP contribution in [0.2, 0.25) is 0 Å². The van der Waals surface area contributed by atoms with Crippen LogP contribution in [0.15, 0.2) is 69.7 Å². The summed E-state index contributed by atoms with van der Waals surface area (Å²) in [6.45, 7) is 1.91. The summed E-state index contributed by atoms with van der Waals surface area (Å²) in [6, 6.07) is 13.4. The van der Waals surface area contributed by atoms with E-state index in [1.807, 2.05) is 6.92 Å². The van der Waals surface area contributed by atoms with Crippen LogP contribution in [0.4, 0.5) is 17.1 Å². The number of fused-ring (bicyclic) bond motifs is 1. The van der Waals surface area contributed by atoms with Crippen molar-refractivity contribution in [2.45, 2.75) is 24.7 Å². The Labute approximate surface area is 167 Å². The number of rotatable bonds is 7. The number of non-ortho nitro benzene ring substituents is 1. The van der Waals surface area contributed by atoms with Gasteiger partial charge in [0.1, 0.15) is 5.69 Å². The molecule has 3 aromatic rings.